The molecule has 1 aromatic carbocycles. The predicted molar refractivity (Wildman–Crippen MR) is 122 cm³/mol. The maximum absolute atomic E-state index is 10.7. The van der Waals surface area contributed by atoms with Gasteiger partial charge in [0.25, 0.3) is 0 Å². The fourth-order valence-electron chi connectivity index (χ4n) is 7.49. The highest BCUT2D eigenvalue weighted by molar-refractivity contribution is 5.49. The van der Waals surface area contributed by atoms with Crippen molar-refractivity contribution in [3.05, 3.63) is 46.0 Å². The average molecular weight is 410 g/mol. The molecule has 164 valence electrons. The van der Waals surface area contributed by atoms with Gasteiger partial charge in [-0.2, -0.15) is 0 Å². The van der Waals surface area contributed by atoms with Crippen LogP contribution in [0.4, 0.5) is 0 Å². The van der Waals surface area contributed by atoms with Crippen molar-refractivity contribution in [2.75, 3.05) is 6.54 Å². The van der Waals surface area contributed by atoms with Gasteiger partial charge in [0.2, 0.25) is 0 Å². The van der Waals surface area contributed by atoms with Gasteiger partial charge in [-0.1, -0.05) is 44.6 Å². The Morgan fingerprint density at radius 2 is 2.00 bits per heavy atom. The molecule has 0 unspecified atom stereocenters. The van der Waals surface area contributed by atoms with Gasteiger partial charge in [-0.05, 0) is 103 Å². The first-order valence-corrected chi connectivity index (χ1v) is 12.2. The number of aliphatic hydroxyl groups excluding tert-OH is 2. The summed E-state index contributed by atoms with van der Waals surface area (Å²) < 4.78 is 0. The third kappa shape index (κ3) is 3.12. The Kier molecular flexibility index (Phi) is 5.16. The minimum Gasteiger partial charge on any atom is -0.393 e. The monoisotopic (exact) mass is 409 g/mol. The van der Waals surface area contributed by atoms with Crippen LogP contribution in [0.2, 0.25) is 0 Å². The van der Waals surface area contributed by atoms with E-state index in [-0.39, 0.29) is 23.7 Å². The van der Waals surface area contributed by atoms with Crippen LogP contribution in [-0.2, 0) is 6.42 Å². The highest BCUT2D eigenvalue weighted by Crippen LogP contribution is 2.60. The Labute approximate surface area is 182 Å². The third-order valence-corrected chi connectivity index (χ3v) is 9.40. The summed E-state index contributed by atoms with van der Waals surface area (Å²) in [6.07, 6.45) is 8.20. The summed E-state index contributed by atoms with van der Waals surface area (Å²) in [5.41, 5.74) is 7.79. The molecule has 3 aliphatic carbocycles. The molecule has 3 heteroatoms. The van der Waals surface area contributed by atoms with Crippen LogP contribution in [0, 0.1) is 24.2 Å². The molecule has 1 aromatic rings. The van der Waals surface area contributed by atoms with E-state index < -0.39 is 0 Å². The van der Waals surface area contributed by atoms with Gasteiger partial charge in [-0.25, -0.2) is 0 Å². The molecule has 5 rings (SSSR count). The van der Waals surface area contributed by atoms with Crippen LogP contribution in [0.25, 0.3) is 0 Å². The van der Waals surface area contributed by atoms with E-state index >= 15 is 0 Å². The lowest BCUT2D eigenvalue weighted by molar-refractivity contribution is 0.0656. The second-order valence-electron chi connectivity index (χ2n) is 11.2. The molecule has 8 atom stereocenters. The summed E-state index contributed by atoms with van der Waals surface area (Å²) >= 11 is 0. The number of piperidine rings is 1. The van der Waals surface area contributed by atoms with E-state index in [1.807, 2.05) is 0 Å². The summed E-state index contributed by atoms with van der Waals surface area (Å²) in [6, 6.07) is 4.92. The van der Waals surface area contributed by atoms with Crippen molar-refractivity contribution in [1.29, 1.82) is 0 Å². The van der Waals surface area contributed by atoms with Crippen LogP contribution in [0.5, 0.6) is 0 Å². The van der Waals surface area contributed by atoms with Crippen LogP contribution < -0.4 is 5.32 Å². The topological polar surface area (TPSA) is 52.5 Å². The zero-order valence-corrected chi connectivity index (χ0v) is 19.1. The van der Waals surface area contributed by atoms with Gasteiger partial charge in [0.05, 0.1) is 12.2 Å². The van der Waals surface area contributed by atoms with Crippen molar-refractivity contribution in [3.63, 3.8) is 0 Å². The standard InChI is InChI=1S/C27H39NO2/c1-15-11-25(30)26(28-14-15)17(3)20-7-8-21-22-6-5-18-12-19(29)9-10-27(18,4)24(22)13-23(21)16(20)2/h5,7-8,15,17,19,22,24-26,28-30H,6,9-14H2,1-4H3/t15-,17+,19+,22-,24+,25+,26+,27+/m1/s1. The summed E-state index contributed by atoms with van der Waals surface area (Å²) in [5.74, 6) is 2.16. The molecule has 0 bridgehead atoms. The molecule has 3 N–H and O–H groups in total. The van der Waals surface area contributed by atoms with E-state index in [4.69, 9.17) is 0 Å². The molecule has 0 radical (unpaired) electrons. The van der Waals surface area contributed by atoms with Crippen LogP contribution in [0.1, 0.15) is 87.0 Å². The Balaban J connectivity index is 1.44. The third-order valence-electron chi connectivity index (χ3n) is 9.40. The quantitative estimate of drug-likeness (QED) is 0.626. The number of fused-ring (bicyclic) bond motifs is 5. The van der Waals surface area contributed by atoms with E-state index in [0.717, 1.165) is 38.6 Å². The van der Waals surface area contributed by atoms with Gasteiger partial charge in [0, 0.05) is 6.04 Å². The van der Waals surface area contributed by atoms with E-state index in [2.05, 4.69) is 51.2 Å². The minimum absolute atomic E-state index is 0.143. The molecule has 1 aliphatic heterocycles. The van der Waals surface area contributed by atoms with Crippen molar-refractivity contribution in [1.82, 2.24) is 5.32 Å². The summed E-state index contributed by atoms with van der Waals surface area (Å²) in [6.45, 7) is 10.3. The highest BCUT2D eigenvalue weighted by Gasteiger charge is 2.50. The van der Waals surface area contributed by atoms with Gasteiger partial charge in [-0.3, -0.25) is 0 Å². The van der Waals surface area contributed by atoms with Gasteiger partial charge in [-0.15, -0.1) is 0 Å². The van der Waals surface area contributed by atoms with Crippen LogP contribution >= 0.6 is 0 Å². The maximum atomic E-state index is 10.7. The Morgan fingerprint density at radius 3 is 2.77 bits per heavy atom. The lowest BCUT2D eigenvalue weighted by Gasteiger charge is -2.48. The molecule has 0 spiro atoms. The lowest BCUT2D eigenvalue weighted by Crippen LogP contribution is -2.50. The zero-order chi connectivity index (χ0) is 21.2. The number of hydrogen-bond acceptors (Lipinski definition) is 3. The second-order valence-corrected chi connectivity index (χ2v) is 11.2. The fraction of sp³-hybridized carbons (Fsp3) is 0.704. The Bertz CT molecular complexity index is 861. The molecule has 4 aliphatic rings. The number of aliphatic hydroxyl groups is 2. The number of hydrogen-bond donors (Lipinski definition) is 3. The summed E-state index contributed by atoms with van der Waals surface area (Å²) in [4.78, 5) is 0. The van der Waals surface area contributed by atoms with E-state index in [0.29, 0.717) is 23.7 Å². The fourth-order valence-corrected chi connectivity index (χ4v) is 7.49. The Hall–Kier alpha value is -1.16. The van der Waals surface area contributed by atoms with Crippen molar-refractivity contribution >= 4 is 0 Å². The van der Waals surface area contributed by atoms with Crippen LogP contribution in [0.3, 0.4) is 0 Å². The van der Waals surface area contributed by atoms with Crippen LogP contribution in [-0.4, -0.2) is 35.0 Å². The van der Waals surface area contributed by atoms with Gasteiger partial charge in [0.1, 0.15) is 0 Å². The molecule has 30 heavy (non-hydrogen) atoms. The molecular formula is C27H39NO2. The van der Waals surface area contributed by atoms with Crippen LogP contribution in [0.15, 0.2) is 23.8 Å². The van der Waals surface area contributed by atoms with Gasteiger partial charge < -0.3 is 15.5 Å². The first kappa shape index (κ1) is 20.7. The largest absolute Gasteiger partial charge is 0.393 e. The van der Waals surface area contributed by atoms with E-state index in [9.17, 15) is 10.2 Å². The van der Waals surface area contributed by atoms with Crippen molar-refractivity contribution in [3.8, 4) is 0 Å². The summed E-state index contributed by atoms with van der Waals surface area (Å²) in [5, 5.41) is 24.6. The second kappa shape index (κ2) is 7.46. The number of allylic oxidation sites excluding steroid dienone is 1. The summed E-state index contributed by atoms with van der Waals surface area (Å²) in [7, 11) is 0. The molecular weight excluding hydrogens is 370 g/mol. The lowest BCUT2D eigenvalue weighted by atomic mass is 9.57. The normalized spacial score (nSPS) is 41.5. The van der Waals surface area contributed by atoms with E-state index in [1.54, 1.807) is 11.1 Å². The molecule has 0 aromatic heterocycles. The smallest absolute Gasteiger partial charge is 0.0702 e. The van der Waals surface area contributed by atoms with Crippen molar-refractivity contribution < 1.29 is 10.2 Å². The molecule has 3 nitrogen and oxygen atoms in total. The molecule has 0 amide bonds. The van der Waals surface area contributed by atoms with Crippen molar-refractivity contribution in [2.24, 2.45) is 17.3 Å². The minimum atomic E-state index is -0.265. The first-order valence-electron chi connectivity index (χ1n) is 12.2. The average Bonchev–Trinajstić information content (AvgIpc) is 3.09. The molecule has 1 saturated heterocycles. The number of benzene rings is 1. The maximum Gasteiger partial charge on any atom is 0.0702 e. The molecule has 1 heterocycles. The van der Waals surface area contributed by atoms with Gasteiger partial charge in [0.15, 0.2) is 0 Å². The zero-order valence-electron chi connectivity index (χ0n) is 19.1. The SMILES string of the molecule is Cc1c([C@H](C)[C@@H]2NC[C@H](C)C[C@@H]2O)ccc2c1C[C@H]1[C@@H]2CC=C2C[C@@H](O)CC[C@@]21C. The molecule has 2 fully saturated rings. The predicted octanol–water partition coefficient (Wildman–Crippen LogP) is 4.59. The number of rotatable bonds is 2. The highest BCUT2D eigenvalue weighted by atomic mass is 16.3. The molecule has 1 saturated carbocycles. The number of nitrogens with one attached hydrogen (secondary N) is 1. The Morgan fingerprint density at radius 1 is 1.20 bits per heavy atom. The first-order chi connectivity index (χ1) is 14.3. The van der Waals surface area contributed by atoms with E-state index in [1.165, 1.54) is 23.1 Å². The van der Waals surface area contributed by atoms with Crippen molar-refractivity contribution in [2.45, 2.75) is 96.3 Å². The van der Waals surface area contributed by atoms with Gasteiger partial charge >= 0.3 is 0 Å².